The molecule has 0 unspecified atom stereocenters. The summed E-state index contributed by atoms with van der Waals surface area (Å²) in [4.78, 5) is 8.90. The molecule has 0 atom stereocenters. The summed E-state index contributed by atoms with van der Waals surface area (Å²) in [5.74, 6) is 0. The Bertz CT molecular complexity index is 522. The van der Waals surface area contributed by atoms with E-state index in [1.807, 2.05) is 24.3 Å². The second-order valence-electron chi connectivity index (χ2n) is 2.85. The SMILES string of the molecule is Clc1ncc(Cl)c(Sc2cccc(Br)c2)n1. The fourth-order valence-corrected chi connectivity index (χ4v) is 2.82. The second-order valence-corrected chi connectivity index (χ2v) is 5.57. The zero-order chi connectivity index (χ0) is 11.5. The molecule has 0 radical (unpaired) electrons. The maximum absolute atomic E-state index is 5.97. The fourth-order valence-electron chi connectivity index (χ4n) is 1.04. The molecule has 0 fully saturated rings. The van der Waals surface area contributed by atoms with Crippen LogP contribution in [0.5, 0.6) is 0 Å². The van der Waals surface area contributed by atoms with Gasteiger partial charge in [-0.25, -0.2) is 9.97 Å². The molecule has 0 saturated heterocycles. The van der Waals surface area contributed by atoms with Gasteiger partial charge in [0.2, 0.25) is 5.28 Å². The van der Waals surface area contributed by atoms with Crippen molar-refractivity contribution in [3.05, 3.63) is 45.2 Å². The molecule has 0 saturated carbocycles. The first-order valence-corrected chi connectivity index (χ1v) is 6.63. The van der Waals surface area contributed by atoms with Gasteiger partial charge in [0.1, 0.15) is 5.03 Å². The van der Waals surface area contributed by atoms with Gasteiger partial charge in [0, 0.05) is 9.37 Å². The number of hydrogen-bond donors (Lipinski definition) is 0. The second kappa shape index (κ2) is 5.36. The summed E-state index contributed by atoms with van der Waals surface area (Å²) in [6.07, 6.45) is 1.50. The lowest BCUT2D eigenvalue weighted by Gasteiger charge is -2.03. The Morgan fingerprint density at radius 3 is 2.81 bits per heavy atom. The molecule has 0 bridgehead atoms. The van der Waals surface area contributed by atoms with Crippen LogP contribution in [0.4, 0.5) is 0 Å². The monoisotopic (exact) mass is 334 g/mol. The van der Waals surface area contributed by atoms with Crippen molar-refractivity contribution >= 4 is 50.9 Å². The molecule has 0 aliphatic heterocycles. The summed E-state index contributed by atoms with van der Waals surface area (Å²) >= 11 is 16.5. The Morgan fingerprint density at radius 2 is 2.06 bits per heavy atom. The van der Waals surface area contributed by atoms with E-state index in [0.717, 1.165) is 9.37 Å². The van der Waals surface area contributed by atoms with Gasteiger partial charge in [-0.15, -0.1) is 0 Å². The molecule has 6 heteroatoms. The molecule has 2 rings (SSSR count). The van der Waals surface area contributed by atoms with Gasteiger partial charge in [-0.3, -0.25) is 0 Å². The number of benzene rings is 1. The lowest BCUT2D eigenvalue weighted by Crippen LogP contribution is -1.86. The van der Waals surface area contributed by atoms with Gasteiger partial charge in [0.05, 0.1) is 11.2 Å². The Hall–Kier alpha value is -0.290. The Labute approximate surface area is 116 Å². The van der Waals surface area contributed by atoms with E-state index in [0.29, 0.717) is 10.0 Å². The van der Waals surface area contributed by atoms with Crippen molar-refractivity contribution in [3.8, 4) is 0 Å². The van der Waals surface area contributed by atoms with E-state index in [1.54, 1.807) is 0 Å². The summed E-state index contributed by atoms with van der Waals surface area (Å²) in [6.45, 7) is 0. The van der Waals surface area contributed by atoms with E-state index < -0.39 is 0 Å². The van der Waals surface area contributed by atoms with Crippen LogP contribution in [0.1, 0.15) is 0 Å². The molecule has 0 amide bonds. The molecule has 2 nitrogen and oxygen atoms in total. The minimum absolute atomic E-state index is 0.196. The molecular weight excluding hydrogens is 331 g/mol. The van der Waals surface area contributed by atoms with Gasteiger partial charge in [-0.05, 0) is 29.8 Å². The molecule has 2 aromatic rings. The van der Waals surface area contributed by atoms with Gasteiger partial charge >= 0.3 is 0 Å². The summed E-state index contributed by atoms with van der Waals surface area (Å²) in [5, 5.41) is 1.34. The number of aromatic nitrogens is 2. The van der Waals surface area contributed by atoms with Crippen LogP contribution in [-0.4, -0.2) is 9.97 Å². The normalized spacial score (nSPS) is 10.4. The zero-order valence-electron chi connectivity index (χ0n) is 7.82. The van der Waals surface area contributed by atoms with Gasteiger partial charge in [0.15, 0.2) is 0 Å². The van der Waals surface area contributed by atoms with E-state index in [2.05, 4.69) is 25.9 Å². The third-order valence-electron chi connectivity index (χ3n) is 1.69. The maximum atomic E-state index is 5.97. The highest BCUT2D eigenvalue weighted by Crippen LogP contribution is 2.32. The van der Waals surface area contributed by atoms with E-state index in [4.69, 9.17) is 23.2 Å². The molecule has 0 N–H and O–H groups in total. The highest BCUT2D eigenvalue weighted by molar-refractivity contribution is 9.10. The summed E-state index contributed by atoms with van der Waals surface area (Å²) < 4.78 is 1.01. The molecule has 82 valence electrons. The minimum atomic E-state index is 0.196. The fraction of sp³-hybridized carbons (Fsp3) is 0. The van der Waals surface area contributed by atoms with E-state index in [1.165, 1.54) is 18.0 Å². The number of halogens is 3. The molecule has 0 spiro atoms. The topological polar surface area (TPSA) is 25.8 Å². The molecule has 16 heavy (non-hydrogen) atoms. The van der Waals surface area contributed by atoms with Gasteiger partial charge in [-0.1, -0.05) is 45.4 Å². The van der Waals surface area contributed by atoms with Gasteiger partial charge in [-0.2, -0.15) is 0 Å². The molecule has 0 aliphatic carbocycles. The van der Waals surface area contributed by atoms with Crippen molar-refractivity contribution in [2.45, 2.75) is 9.92 Å². The number of hydrogen-bond acceptors (Lipinski definition) is 3. The lowest BCUT2D eigenvalue weighted by molar-refractivity contribution is 1.05. The molecule has 1 heterocycles. The first kappa shape index (κ1) is 12.2. The summed E-state index contributed by atoms with van der Waals surface area (Å²) in [5.41, 5.74) is 0. The van der Waals surface area contributed by atoms with Crippen molar-refractivity contribution in [2.24, 2.45) is 0 Å². The average molecular weight is 336 g/mol. The van der Waals surface area contributed by atoms with Crippen molar-refractivity contribution in [3.63, 3.8) is 0 Å². The largest absolute Gasteiger partial charge is 0.225 e. The quantitative estimate of drug-likeness (QED) is 0.587. The lowest BCUT2D eigenvalue weighted by atomic mass is 10.4. The van der Waals surface area contributed by atoms with Crippen LogP contribution in [0.15, 0.2) is 44.9 Å². The third kappa shape index (κ3) is 3.10. The highest BCUT2D eigenvalue weighted by atomic mass is 79.9. The molecular formula is C10H5BrCl2N2S. The Balaban J connectivity index is 2.30. The van der Waals surface area contributed by atoms with Crippen LogP contribution < -0.4 is 0 Å². The molecule has 1 aromatic carbocycles. The molecule has 0 aliphatic rings. The van der Waals surface area contributed by atoms with Crippen molar-refractivity contribution < 1.29 is 0 Å². The first-order chi connectivity index (χ1) is 7.65. The van der Waals surface area contributed by atoms with E-state index >= 15 is 0 Å². The van der Waals surface area contributed by atoms with Crippen molar-refractivity contribution in [1.82, 2.24) is 9.97 Å². The zero-order valence-corrected chi connectivity index (χ0v) is 11.7. The number of rotatable bonds is 2. The van der Waals surface area contributed by atoms with Gasteiger partial charge < -0.3 is 0 Å². The maximum Gasteiger partial charge on any atom is 0.223 e. The summed E-state index contributed by atoms with van der Waals surface area (Å²) in [7, 11) is 0. The number of nitrogens with zero attached hydrogens (tertiary/aromatic N) is 2. The van der Waals surface area contributed by atoms with Crippen LogP contribution >= 0.6 is 50.9 Å². The summed E-state index contributed by atoms with van der Waals surface area (Å²) in [6, 6.07) is 7.86. The highest BCUT2D eigenvalue weighted by Gasteiger charge is 2.06. The average Bonchev–Trinajstić information content (AvgIpc) is 2.24. The Kier molecular flexibility index (Phi) is 4.08. The van der Waals surface area contributed by atoms with Crippen molar-refractivity contribution in [2.75, 3.05) is 0 Å². The van der Waals surface area contributed by atoms with Crippen LogP contribution in [-0.2, 0) is 0 Å². The minimum Gasteiger partial charge on any atom is -0.225 e. The van der Waals surface area contributed by atoms with Crippen LogP contribution in [0.25, 0.3) is 0 Å². The predicted molar refractivity (Wildman–Crippen MR) is 70.3 cm³/mol. The van der Waals surface area contributed by atoms with Crippen LogP contribution in [0, 0.1) is 0 Å². The predicted octanol–water partition coefficient (Wildman–Crippen LogP) is 4.70. The van der Waals surface area contributed by atoms with Crippen molar-refractivity contribution in [1.29, 1.82) is 0 Å². The van der Waals surface area contributed by atoms with Crippen LogP contribution in [0.2, 0.25) is 10.3 Å². The van der Waals surface area contributed by atoms with Crippen LogP contribution in [0.3, 0.4) is 0 Å². The van der Waals surface area contributed by atoms with E-state index in [-0.39, 0.29) is 5.28 Å². The molecule has 1 aromatic heterocycles. The Morgan fingerprint density at radius 1 is 1.25 bits per heavy atom. The standard InChI is InChI=1S/C10H5BrCl2N2S/c11-6-2-1-3-7(4-6)16-9-8(12)5-14-10(13)15-9/h1-5H. The smallest absolute Gasteiger partial charge is 0.223 e. The van der Waals surface area contributed by atoms with Gasteiger partial charge in [0.25, 0.3) is 0 Å². The van der Waals surface area contributed by atoms with E-state index in [9.17, 15) is 0 Å². The third-order valence-corrected chi connectivity index (χ3v) is 3.75. The first-order valence-electron chi connectivity index (χ1n) is 4.26.